The Morgan fingerprint density at radius 2 is 2.08 bits per heavy atom. The van der Waals surface area contributed by atoms with Crippen LogP contribution in [0.4, 0.5) is 13.2 Å². The number of hydrogen-bond donors (Lipinski definition) is 1. The Bertz CT molecular complexity index is 672. The summed E-state index contributed by atoms with van der Waals surface area (Å²) in [6.45, 7) is 1.15. The quantitative estimate of drug-likeness (QED) is 0.909. The molecule has 130 valence electrons. The van der Waals surface area contributed by atoms with E-state index in [0.717, 1.165) is 16.8 Å². The number of alkyl halides is 2. The number of aromatic nitrogens is 2. The van der Waals surface area contributed by atoms with Gasteiger partial charge in [-0.2, -0.15) is 5.10 Å². The first-order valence-electron chi connectivity index (χ1n) is 7.87. The Balaban J connectivity index is 1.73. The molecule has 0 radical (unpaired) electrons. The summed E-state index contributed by atoms with van der Waals surface area (Å²) < 4.78 is 45.9. The van der Waals surface area contributed by atoms with Crippen molar-refractivity contribution in [3.05, 3.63) is 41.8 Å². The Labute approximate surface area is 138 Å². The molecule has 1 unspecified atom stereocenters. The molecule has 3 rings (SSSR count). The molecule has 0 aliphatic carbocycles. The molecular formula is C17H20F3N3O. The van der Waals surface area contributed by atoms with Crippen LogP contribution in [0, 0.1) is 11.7 Å². The van der Waals surface area contributed by atoms with Crippen LogP contribution >= 0.6 is 0 Å². The zero-order chi connectivity index (χ0) is 17.2. The van der Waals surface area contributed by atoms with Gasteiger partial charge in [-0.05, 0) is 24.3 Å². The van der Waals surface area contributed by atoms with Crippen LogP contribution in [0.2, 0.25) is 0 Å². The van der Waals surface area contributed by atoms with Crippen LogP contribution in [0.1, 0.15) is 12.0 Å². The predicted octanol–water partition coefficient (Wildman–Crippen LogP) is 3.32. The number of likely N-dealkylation sites (tertiary alicyclic amines) is 1. The maximum Gasteiger partial charge on any atom is 0.255 e. The number of ether oxygens (including phenoxy) is 1. The first-order chi connectivity index (χ1) is 11.5. The molecule has 1 fully saturated rings. The lowest BCUT2D eigenvalue weighted by molar-refractivity contribution is -0.125. The van der Waals surface area contributed by atoms with Crippen molar-refractivity contribution in [2.75, 3.05) is 26.8 Å². The molecule has 0 spiro atoms. The summed E-state index contributed by atoms with van der Waals surface area (Å²) in [6, 6.07) is 6.11. The Hall–Kier alpha value is -1.86. The van der Waals surface area contributed by atoms with Crippen molar-refractivity contribution in [2.24, 2.45) is 5.92 Å². The van der Waals surface area contributed by atoms with Crippen molar-refractivity contribution in [1.82, 2.24) is 15.1 Å². The highest BCUT2D eigenvalue weighted by Crippen LogP contribution is 2.34. The molecule has 1 saturated heterocycles. The lowest BCUT2D eigenvalue weighted by Crippen LogP contribution is -2.48. The van der Waals surface area contributed by atoms with Gasteiger partial charge in [0.2, 0.25) is 0 Å². The number of nitrogens with zero attached hydrogens (tertiary/aromatic N) is 2. The van der Waals surface area contributed by atoms with E-state index in [-0.39, 0.29) is 25.4 Å². The highest BCUT2D eigenvalue weighted by Gasteiger charge is 2.43. The fourth-order valence-electron chi connectivity index (χ4n) is 3.11. The average Bonchev–Trinajstić information content (AvgIpc) is 3.00. The molecule has 0 saturated carbocycles. The van der Waals surface area contributed by atoms with Gasteiger partial charge < -0.3 is 4.74 Å². The monoisotopic (exact) mass is 339 g/mol. The minimum atomic E-state index is -2.69. The summed E-state index contributed by atoms with van der Waals surface area (Å²) in [7, 11) is 1.44. The normalized spacial score (nSPS) is 21.1. The van der Waals surface area contributed by atoms with E-state index >= 15 is 0 Å². The van der Waals surface area contributed by atoms with Gasteiger partial charge in [-0.25, -0.2) is 13.2 Å². The van der Waals surface area contributed by atoms with Gasteiger partial charge in [0.25, 0.3) is 5.92 Å². The standard InChI is InChI=1S/C17H20F3N3O/c1-24-11-14-10-23(7-6-17(14,19)20)9-13-8-21-22-16(13)12-2-4-15(18)5-3-12/h2-5,8,14H,6-7,9-11H2,1H3,(H,21,22). The van der Waals surface area contributed by atoms with E-state index in [2.05, 4.69) is 10.2 Å². The summed E-state index contributed by atoms with van der Waals surface area (Å²) in [5.74, 6) is -3.80. The third-order valence-electron chi connectivity index (χ3n) is 4.45. The van der Waals surface area contributed by atoms with E-state index in [1.165, 1.54) is 19.2 Å². The van der Waals surface area contributed by atoms with Crippen molar-refractivity contribution in [2.45, 2.75) is 18.9 Å². The molecule has 1 aromatic heterocycles. The Morgan fingerprint density at radius 3 is 2.79 bits per heavy atom. The molecule has 1 aromatic carbocycles. The second-order valence-electron chi connectivity index (χ2n) is 6.18. The molecule has 1 atom stereocenters. The zero-order valence-electron chi connectivity index (χ0n) is 13.4. The second kappa shape index (κ2) is 6.94. The number of benzene rings is 1. The van der Waals surface area contributed by atoms with Gasteiger partial charge in [0, 0.05) is 44.3 Å². The number of aromatic amines is 1. The van der Waals surface area contributed by atoms with E-state index in [1.54, 1.807) is 18.3 Å². The SMILES string of the molecule is COCC1CN(Cc2cn[nH]c2-c2ccc(F)cc2)CCC1(F)F. The molecule has 1 aliphatic rings. The van der Waals surface area contributed by atoms with Gasteiger partial charge in [0.1, 0.15) is 5.82 Å². The van der Waals surface area contributed by atoms with Gasteiger partial charge >= 0.3 is 0 Å². The van der Waals surface area contributed by atoms with E-state index in [1.807, 2.05) is 4.90 Å². The number of methoxy groups -OCH3 is 1. The van der Waals surface area contributed by atoms with Crippen LogP contribution in [0.15, 0.2) is 30.5 Å². The molecule has 1 aliphatic heterocycles. The first-order valence-corrected chi connectivity index (χ1v) is 7.87. The molecule has 1 N–H and O–H groups in total. The van der Waals surface area contributed by atoms with E-state index in [9.17, 15) is 13.2 Å². The minimum Gasteiger partial charge on any atom is -0.384 e. The van der Waals surface area contributed by atoms with Crippen LogP contribution in [0.25, 0.3) is 11.3 Å². The third kappa shape index (κ3) is 3.62. The second-order valence-corrected chi connectivity index (χ2v) is 6.18. The maximum absolute atomic E-state index is 13.9. The zero-order valence-corrected chi connectivity index (χ0v) is 13.4. The van der Waals surface area contributed by atoms with Crippen LogP contribution in [-0.4, -0.2) is 47.8 Å². The van der Waals surface area contributed by atoms with Crippen LogP contribution in [0.3, 0.4) is 0 Å². The molecule has 0 bridgehead atoms. The average molecular weight is 339 g/mol. The van der Waals surface area contributed by atoms with Gasteiger partial charge in [-0.1, -0.05) is 0 Å². The Morgan fingerprint density at radius 1 is 1.33 bits per heavy atom. The summed E-state index contributed by atoms with van der Waals surface area (Å²) in [4.78, 5) is 1.99. The van der Waals surface area contributed by atoms with Crippen LogP contribution < -0.4 is 0 Å². The first kappa shape index (κ1) is 17.0. The number of nitrogens with one attached hydrogen (secondary N) is 1. The highest BCUT2D eigenvalue weighted by atomic mass is 19.3. The molecular weight excluding hydrogens is 319 g/mol. The summed E-state index contributed by atoms with van der Waals surface area (Å²) in [6.07, 6.45) is 1.52. The third-order valence-corrected chi connectivity index (χ3v) is 4.45. The lowest BCUT2D eigenvalue weighted by atomic mass is 9.93. The predicted molar refractivity (Wildman–Crippen MR) is 84.2 cm³/mol. The van der Waals surface area contributed by atoms with Gasteiger partial charge in [0.15, 0.2) is 0 Å². The topological polar surface area (TPSA) is 41.1 Å². The molecule has 2 heterocycles. The number of H-pyrrole nitrogens is 1. The van der Waals surface area contributed by atoms with Crippen molar-refractivity contribution in [1.29, 1.82) is 0 Å². The fraction of sp³-hybridized carbons (Fsp3) is 0.471. The number of halogens is 3. The number of rotatable bonds is 5. The van der Waals surface area contributed by atoms with E-state index in [4.69, 9.17) is 4.74 Å². The summed E-state index contributed by atoms with van der Waals surface area (Å²) in [5.41, 5.74) is 2.51. The van der Waals surface area contributed by atoms with Crippen molar-refractivity contribution in [3.63, 3.8) is 0 Å². The molecule has 2 aromatic rings. The molecule has 4 nitrogen and oxygen atoms in total. The van der Waals surface area contributed by atoms with Crippen molar-refractivity contribution >= 4 is 0 Å². The Kier molecular flexibility index (Phi) is 4.91. The summed E-state index contributed by atoms with van der Waals surface area (Å²) >= 11 is 0. The van der Waals surface area contributed by atoms with Crippen molar-refractivity contribution < 1.29 is 17.9 Å². The van der Waals surface area contributed by atoms with E-state index < -0.39 is 11.8 Å². The maximum atomic E-state index is 13.9. The minimum absolute atomic E-state index is 0.0414. The molecule has 7 heteroatoms. The fourth-order valence-corrected chi connectivity index (χ4v) is 3.11. The highest BCUT2D eigenvalue weighted by molar-refractivity contribution is 5.62. The van der Waals surface area contributed by atoms with Gasteiger partial charge in [-0.15, -0.1) is 0 Å². The molecule has 0 amide bonds. The number of hydrogen-bond acceptors (Lipinski definition) is 3. The van der Waals surface area contributed by atoms with Crippen molar-refractivity contribution in [3.8, 4) is 11.3 Å². The number of piperidine rings is 1. The van der Waals surface area contributed by atoms with Crippen LogP contribution in [0.5, 0.6) is 0 Å². The molecule has 24 heavy (non-hydrogen) atoms. The van der Waals surface area contributed by atoms with Crippen LogP contribution in [-0.2, 0) is 11.3 Å². The smallest absolute Gasteiger partial charge is 0.255 e. The van der Waals surface area contributed by atoms with Gasteiger partial charge in [-0.3, -0.25) is 10.00 Å². The largest absolute Gasteiger partial charge is 0.384 e. The summed E-state index contributed by atoms with van der Waals surface area (Å²) in [5, 5.41) is 6.96. The lowest BCUT2D eigenvalue weighted by Gasteiger charge is -2.38. The van der Waals surface area contributed by atoms with E-state index in [0.29, 0.717) is 13.1 Å². The van der Waals surface area contributed by atoms with Gasteiger partial charge in [0.05, 0.1) is 24.4 Å².